The lowest BCUT2D eigenvalue weighted by molar-refractivity contribution is 0.0543. The first-order valence-electron chi connectivity index (χ1n) is 9.38. The van der Waals surface area contributed by atoms with E-state index in [1.807, 2.05) is 43.9 Å². The number of morpholine rings is 1. The quantitative estimate of drug-likeness (QED) is 0.589. The smallest absolute Gasteiger partial charge is 0.420 e. The Morgan fingerprint density at radius 1 is 1.17 bits per heavy atom. The molecule has 4 rings (SSSR count). The zero-order valence-corrected chi connectivity index (χ0v) is 17.3. The van der Waals surface area contributed by atoms with E-state index in [9.17, 15) is 4.79 Å². The van der Waals surface area contributed by atoms with Gasteiger partial charge in [-0.25, -0.2) is 24.3 Å². The molecule has 8 nitrogen and oxygen atoms in total. The number of hydrogen-bond donors (Lipinski definition) is 0. The van der Waals surface area contributed by atoms with Crippen molar-refractivity contribution in [2.75, 3.05) is 31.2 Å². The minimum Gasteiger partial charge on any atom is -0.443 e. The minimum atomic E-state index is -0.599. The number of fused-ring (bicyclic) bond motifs is 1. The molecule has 0 radical (unpaired) electrons. The highest BCUT2D eigenvalue weighted by molar-refractivity contribution is 6.29. The number of aromatic nitrogens is 4. The molecule has 3 aromatic rings. The molecule has 0 N–H and O–H groups in total. The van der Waals surface area contributed by atoms with Gasteiger partial charge in [0, 0.05) is 24.7 Å². The molecule has 0 atom stereocenters. The van der Waals surface area contributed by atoms with Crippen LogP contribution in [0.5, 0.6) is 0 Å². The predicted molar refractivity (Wildman–Crippen MR) is 110 cm³/mol. The lowest BCUT2D eigenvalue weighted by Gasteiger charge is -2.27. The Hall–Kier alpha value is -2.71. The van der Waals surface area contributed by atoms with Crippen molar-refractivity contribution in [3.8, 4) is 11.3 Å². The van der Waals surface area contributed by atoms with Crippen molar-refractivity contribution < 1.29 is 14.3 Å². The molecular formula is C20H22ClN5O3. The summed E-state index contributed by atoms with van der Waals surface area (Å²) in [5, 5.41) is 0.359. The van der Waals surface area contributed by atoms with Crippen LogP contribution in [0.2, 0.25) is 5.15 Å². The van der Waals surface area contributed by atoms with Gasteiger partial charge in [-0.1, -0.05) is 17.7 Å². The molecule has 152 valence electrons. The Bertz CT molecular complexity index is 1050. The second-order valence-corrected chi connectivity index (χ2v) is 8.16. The Balaban J connectivity index is 1.72. The van der Waals surface area contributed by atoms with Crippen LogP contribution in [0.25, 0.3) is 22.3 Å². The van der Waals surface area contributed by atoms with Gasteiger partial charge in [-0.05, 0) is 32.9 Å². The molecule has 2 aromatic heterocycles. The van der Waals surface area contributed by atoms with E-state index >= 15 is 0 Å². The van der Waals surface area contributed by atoms with Gasteiger partial charge in [-0.15, -0.1) is 0 Å². The number of carbonyl (C=O) groups excluding carboxylic acids is 1. The predicted octanol–water partition coefficient (Wildman–Crippen LogP) is 3.77. The van der Waals surface area contributed by atoms with Gasteiger partial charge in [-0.3, -0.25) is 0 Å². The van der Waals surface area contributed by atoms with Crippen molar-refractivity contribution in [2.24, 2.45) is 0 Å². The Kier molecular flexibility index (Phi) is 5.14. The highest BCUT2D eigenvalue weighted by Gasteiger charge is 2.20. The molecule has 1 fully saturated rings. The van der Waals surface area contributed by atoms with Gasteiger partial charge in [0.25, 0.3) is 0 Å². The molecule has 0 spiro atoms. The van der Waals surface area contributed by atoms with Crippen LogP contribution >= 0.6 is 11.6 Å². The molecule has 0 aliphatic carbocycles. The van der Waals surface area contributed by atoms with Crippen LogP contribution in [0.3, 0.4) is 0 Å². The zero-order valence-electron chi connectivity index (χ0n) is 16.6. The summed E-state index contributed by atoms with van der Waals surface area (Å²) in [6, 6.07) is 7.31. The van der Waals surface area contributed by atoms with E-state index in [0.29, 0.717) is 54.1 Å². The molecule has 9 heteroatoms. The number of carbonyl (C=O) groups is 1. The topological polar surface area (TPSA) is 82.4 Å². The van der Waals surface area contributed by atoms with E-state index in [1.165, 1.54) is 10.9 Å². The van der Waals surface area contributed by atoms with Gasteiger partial charge in [0.1, 0.15) is 17.1 Å². The summed E-state index contributed by atoms with van der Waals surface area (Å²) in [6.07, 6.45) is 0.987. The molecule has 0 saturated carbocycles. The first-order chi connectivity index (χ1) is 13.8. The summed E-state index contributed by atoms with van der Waals surface area (Å²) in [5.41, 5.74) is 2.21. The largest absolute Gasteiger partial charge is 0.443 e. The third-order valence-corrected chi connectivity index (χ3v) is 4.60. The maximum Gasteiger partial charge on any atom is 0.420 e. The molecule has 1 aliphatic heterocycles. The maximum atomic E-state index is 12.5. The van der Waals surface area contributed by atoms with Crippen molar-refractivity contribution in [2.45, 2.75) is 26.4 Å². The summed E-state index contributed by atoms with van der Waals surface area (Å²) in [7, 11) is 0. The Morgan fingerprint density at radius 2 is 1.93 bits per heavy atom. The van der Waals surface area contributed by atoms with Gasteiger partial charge in [0.2, 0.25) is 5.95 Å². The fraction of sp³-hybridized carbons (Fsp3) is 0.400. The van der Waals surface area contributed by atoms with Crippen molar-refractivity contribution in [3.05, 3.63) is 35.7 Å². The van der Waals surface area contributed by atoms with Crippen molar-refractivity contribution in [1.29, 1.82) is 0 Å². The first kappa shape index (κ1) is 19.6. The van der Waals surface area contributed by atoms with Crippen molar-refractivity contribution >= 4 is 34.7 Å². The van der Waals surface area contributed by atoms with Crippen molar-refractivity contribution in [3.63, 3.8) is 0 Å². The number of halogens is 1. The van der Waals surface area contributed by atoms with Crippen LogP contribution in [-0.2, 0) is 9.47 Å². The molecular weight excluding hydrogens is 394 g/mol. The summed E-state index contributed by atoms with van der Waals surface area (Å²) in [6.45, 7) is 8.16. The molecule has 0 amide bonds. The highest BCUT2D eigenvalue weighted by Crippen LogP contribution is 2.27. The summed E-state index contributed by atoms with van der Waals surface area (Å²) in [4.78, 5) is 27.9. The number of hydrogen-bond acceptors (Lipinski definition) is 7. The van der Waals surface area contributed by atoms with E-state index < -0.39 is 11.7 Å². The zero-order chi connectivity index (χ0) is 20.6. The standard InChI is InChI=1S/C20H22ClN5O3/c1-20(2,3)29-19(27)26-12-22-14-5-4-13(10-16(14)26)15-11-17(21)24-18(23-15)25-6-8-28-9-7-25/h4-5,10-12H,6-9H2,1-3H3. The van der Waals surface area contributed by atoms with E-state index in [4.69, 9.17) is 21.1 Å². The fourth-order valence-corrected chi connectivity index (χ4v) is 3.26. The van der Waals surface area contributed by atoms with Gasteiger partial charge in [0.15, 0.2) is 0 Å². The number of rotatable bonds is 2. The summed E-state index contributed by atoms with van der Waals surface area (Å²) >= 11 is 6.27. The lowest BCUT2D eigenvalue weighted by atomic mass is 10.1. The van der Waals surface area contributed by atoms with E-state index in [-0.39, 0.29) is 0 Å². The Morgan fingerprint density at radius 3 is 2.66 bits per heavy atom. The maximum absolute atomic E-state index is 12.5. The monoisotopic (exact) mass is 415 g/mol. The molecule has 0 bridgehead atoms. The molecule has 0 unspecified atom stereocenters. The number of benzene rings is 1. The molecule has 1 saturated heterocycles. The average molecular weight is 416 g/mol. The number of imidazole rings is 1. The van der Waals surface area contributed by atoms with Crippen LogP contribution in [0.1, 0.15) is 20.8 Å². The fourth-order valence-electron chi connectivity index (χ4n) is 3.08. The number of anilines is 1. The number of nitrogens with zero attached hydrogens (tertiary/aromatic N) is 5. The molecule has 29 heavy (non-hydrogen) atoms. The molecule has 1 aromatic carbocycles. The van der Waals surface area contributed by atoms with Crippen LogP contribution in [0.4, 0.5) is 10.7 Å². The van der Waals surface area contributed by atoms with Crippen LogP contribution in [0, 0.1) is 0 Å². The minimum absolute atomic E-state index is 0.359. The van der Waals surface area contributed by atoms with Crippen molar-refractivity contribution in [1.82, 2.24) is 19.5 Å². The third-order valence-electron chi connectivity index (χ3n) is 4.41. The van der Waals surface area contributed by atoms with E-state index in [2.05, 4.69) is 15.0 Å². The molecule has 3 heterocycles. The van der Waals surface area contributed by atoms with Crippen LogP contribution in [-0.4, -0.2) is 57.5 Å². The van der Waals surface area contributed by atoms with Gasteiger partial charge >= 0.3 is 6.09 Å². The second-order valence-electron chi connectivity index (χ2n) is 7.77. The van der Waals surface area contributed by atoms with Crippen LogP contribution in [0.15, 0.2) is 30.6 Å². The summed E-state index contributed by atoms with van der Waals surface area (Å²) < 4.78 is 12.3. The highest BCUT2D eigenvalue weighted by atomic mass is 35.5. The second kappa shape index (κ2) is 7.61. The SMILES string of the molecule is CC(C)(C)OC(=O)n1cnc2ccc(-c3cc(Cl)nc(N4CCOCC4)n3)cc21. The lowest BCUT2D eigenvalue weighted by Crippen LogP contribution is -2.37. The van der Waals surface area contributed by atoms with Crippen LogP contribution < -0.4 is 4.90 Å². The van der Waals surface area contributed by atoms with Gasteiger partial charge in [0.05, 0.1) is 29.9 Å². The van der Waals surface area contributed by atoms with Gasteiger partial charge < -0.3 is 14.4 Å². The van der Waals surface area contributed by atoms with E-state index in [0.717, 1.165) is 5.56 Å². The number of ether oxygens (including phenoxy) is 2. The molecule has 1 aliphatic rings. The normalized spacial score (nSPS) is 15.0. The first-order valence-corrected chi connectivity index (χ1v) is 9.76. The van der Waals surface area contributed by atoms with E-state index in [1.54, 1.807) is 6.07 Å². The Labute approximate surface area is 173 Å². The van der Waals surface area contributed by atoms with Gasteiger partial charge in [-0.2, -0.15) is 0 Å². The average Bonchev–Trinajstić information content (AvgIpc) is 3.10. The third kappa shape index (κ3) is 4.33. The summed E-state index contributed by atoms with van der Waals surface area (Å²) in [5.74, 6) is 0.566.